The molecule has 2 aromatic carbocycles. The number of nitrogens with zero attached hydrogens (tertiary/aromatic N) is 4. The van der Waals surface area contributed by atoms with Crippen LogP contribution in [0.15, 0.2) is 73.6 Å². The van der Waals surface area contributed by atoms with Crippen molar-refractivity contribution >= 4 is 17.5 Å². The number of benzene rings is 2. The standard InChI is InChI=1S/C26H27N5O2/c1-2-22(32)30-14-12-26(13-15-30)16-31(17-26)25-23(24(27)28-18-29-25)19-8-10-21(11-9-19)33-20-6-4-3-5-7-20/h2-11,18H,1,12-17H2,(H2,27,28,29). The Balaban J connectivity index is 1.31. The molecule has 5 rings (SSSR count). The van der Waals surface area contributed by atoms with Crippen LogP contribution in [-0.4, -0.2) is 47.0 Å². The van der Waals surface area contributed by atoms with Gasteiger partial charge in [-0.3, -0.25) is 4.79 Å². The molecule has 0 aliphatic carbocycles. The Bertz CT molecular complexity index is 1150. The molecule has 2 aliphatic rings. The number of nitrogens with two attached hydrogens (primary N) is 1. The van der Waals surface area contributed by atoms with E-state index in [2.05, 4.69) is 21.4 Å². The molecule has 0 saturated carbocycles. The Labute approximate surface area is 193 Å². The summed E-state index contributed by atoms with van der Waals surface area (Å²) >= 11 is 0. The van der Waals surface area contributed by atoms with E-state index in [1.165, 1.54) is 12.4 Å². The number of rotatable bonds is 5. The van der Waals surface area contributed by atoms with Crippen LogP contribution in [0.25, 0.3) is 11.1 Å². The van der Waals surface area contributed by atoms with E-state index in [9.17, 15) is 4.79 Å². The number of piperidine rings is 1. The maximum Gasteiger partial charge on any atom is 0.245 e. The molecule has 168 valence electrons. The summed E-state index contributed by atoms with van der Waals surface area (Å²) in [5, 5.41) is 0. The first-order valence-electron chi connectivity index (χ1n) is 11.2. The van der Waals surface area contributed by atoms with Crippen molar-refractivity contribution in [2.75, 3.05) is 36.8 Å². The van der Waals surface area contributed by atoms with Crippen molar-refractivity contribution in [3.63, 3.8) is 0 Å². The average molecular weight is 442 g/mol. The van der Waals surface area contributed by atoms with Gasteiger partial charge in [0.1, 0.15) is 29.5 Å². The van der Waals surface area contributed by atoms with Gasteiger partial charge in [-0.1, -0.05) is 36.9 Å². The lowest BCUT2D eigenvalue weighted by Gasteiger charge is -2.54. The van der Waals surface area contributed by atoms with Crippen LogP contribution in [0, 0.1) is 5.41 Å². The van der Waals surface area contributed by atoms with Gasteiger partial charge in [-0.15, -0.1) is 0 Å². The monoisotopic (exact) mass is 441 g/mol. The highest BCUT2D eigenvalue weighted by molar-refractivity contribution is 5.87. The van der Waals surface area contributed by atoms with Crippen LogP contribution < -0.4 is 15.4 Å². The van der Waals surface area contributed by atoms with Crippen LogP contribution in [0.1, 0.15) is 12.8 Å². The van der Waals surface area contributed by atoms with Crippen molar-refractivity contribution in [1.29, 1.82) is 0 Å². The number of carbonyl (C=O) groups excluding carboxylic acids is 1. The van der Waals surface area contributed by atoms with Gasteiger partial charge in [0, 0.05) is 31.6 Å². The lowest BCUT2D eigenvalue weighted by molar-refractivity contribution is -0.128. The van der Waals surface area contributed by atoms with Crippen molar-refractivity contribution < 1.29 is 9.53 Å². The van der Waals surface area contributed by atoms with Crippen molar-refractivity contribution in [2.45, 2.75) is 12.8 Å². The topological polar surface area (TPSA) is 84.6 Å². The summed E-state index contributed by atoms with van der Waals surface area (Å²) in [7, 11) is 0. The minimum absolute atomic E-state index is 0.0200. The Morgan fingerprint density at radius 2 is 1.67 bits per heavy atom. The van der Waals surface area contributed by atoms with Crippen LogP contribution in [0.4, 0.5) is 11.6 Å². The summed E-state index contributed by atoms with van der Waals surface area (Å²) in [6.07, 6.45) is 4.91. The van der Waals surface area contributed by atoms with Crippen LogP contribution in [-0.2, 0) is 4.79 Å². The lowest BCUT2D eigenvalue weighted by Crippen LogP contribution is -2.61. The molecular formula is C26H27N5O2. The number of ether oxygens (including phenoxy) is 1. The number of hydrogen-bond acceptors (Lipinski definition) is 6. The molecule has 2 fully saturated rings. The van der Waals surface area contributed by atoms with E-state index in [1.54, 1.807) is 0 Å². The fraction of sp³-hybridized carbons (Fsp3) is 0.269. The Morgan fingerprint density at radius 3 is 2.33 bits per heavy atom. The first-order valence-corrected chi connectivity index (χ1v) is 11.2. The molecule has 0 unspecified atom stereocenters. The first-order chi connectivity index (χ1) is 16.1. The quantitative estimate of drug-likeness (QED) is 0.599. The third kappa shape index (κ3) is 4.14. The lowest BCUT2D eigenvalue weighted by atomic mass is 9.72. The zero-order chi connectivity index (χ0) is 22.8. The predicted molar refractivity (Wildman–Crippen MR) is 129 cm³/mol. The molecule has 0 radical (unpaired) electrons. The highest BCUT2D eigenvalue weighted by Gasteiger charge is 2.46. The largest absolute Gasteiger partial charge is 0.457 e. The maximum absolute atomic E-state index is 11.9. The Kier molecular flexibility index (Phi) is 5.46. The van der Waals surface area contributed by atoms with E-state index < -0.39 is 0 Å². The SMILES string of the molecule is C=CC(=O)N1CCC2(CC1)CN(c1ncnc(N)c1-c1ccc(Oc3ccccc3)cc1)C2. The van der Waals surface area contributed by atoms with E-state index in [0.29, 0.717) is 5.82 Å². The number of hydrogen-bond donors (Lipinski definition) is 1. The Morgan fingerprint density at radius 1 is 1.00 bits per heavy atom. The van der Waals surface area contributed by atoms with Crippen molar-refractivity contribution in [1.82, 2.24) is 14.9 Å². The molecule has 2 saturated heterocycles. The van der Waals surface area contributed by atoms with Gasteiger partial charge >= 0.3 is 0 Å². The van der Waals surface area contributed by atoms with E-state index >= 15 is 0 Å². The van der Waals surface area contributed by atoms with Gasteiger partial charge < -0.3 is 20.3 Å². The number of anilines is 2. The highest BCUT2D eigenvalue weighted by Crippen LogP contribution is 2.45. The summed E-state index contributed by atoms with van der Waals surface area (Å²) in [5.74, 6) is 2.89. The molecule has 1 aromatic heterocycles. The van der Waals surface area contributed by atoms with Gasteiger partial charge in [-0.2, -0.15) is 0 Å². The van der Waals surface area contributed by atoms with Gasteiger partial charge in [-0.25, -0.2) is 9.97 Å². The van der Waals surface area contributed by atoms with E-state index in [0.717, 1.165) is 67.5 Å². The number of aromatic nitrogens is 2. The first kappa shape index (κ1) is 21.0. The molecule has 2 N–H and O–H groups in total. The minimum atomic E-state index is 0.0200. The average Bonchev–Trinajstić information content (AvgIpc) is 2.83. The molecule has 7 nitrogen and oxygen atoms in total. The van der Waals surface area contributed by atoms with Crippen molar-refractivity contribution in [3.8, 4) is 22.6 Å². The summed E-state index contributed by atoms with van der Waals surface area (Å²) in [6, 6.07) is 17.5. The van der Waals surface area contributed by atoms with Gasteiger partial charge in [0.2, 0.25) is 5.91 Å². The number of carbonyl (C=O) groups is 1. The Hall–Kier alpha value is -3.87. The second kappa shape index (κ2) is 8.58. The van der Waals surface area contributed by atoms with Gasteiger partial charge in [0.15, 0.2) is 0 Å². The molecular weight excluding hydrogens is 414 g/mol. The second-order valence-corrected chi connectivity index (χ2v) is 8.78. The summed E-state index contributed by atoms with van der Waals surface area (Å²) in [5.41, 5.74) is 8.33. The molecule has 33 heavy (non-hydrogen) atoms. The number of likely N-dealkylation sites (tertiary alicyclic amines) is 1. The zero-order valence-corrected chi connectivity index (χ0v) is 18.5. The number of para-hydroxylation sites is 1. The van der Waals surface area contributed by atoms with Crippen LogP contribution in [0.2, 0.25) is 0 Å². The van der Waals surface area contributed by atoms with Crippen molar-refractivity contribution in [2.24, 2.45) is 5.41 Å². The second-order valence-electron chi connectivity index (χ2n) is 8.78. The summed E-state index contributed by atoms with van der Waals surface area (Å²) < 4.78 is 5.91. The normalized spacial score (nSPS) is 16.8. The molecule has 1 amide bonds. The van der Waals surface area contributed by atoms with Crippen LogP contribution in [0.3, 0.4) is 0 Å². The number of nitrogen functional groups attached to an aromatic ring is 1. The van der Waals surface area contributed by atoms with Gasteiger partial charge in [0.05, 0.1) is 5.56 Å². The molecule has 3 aromatic rings. The third-order valence-electron chi connectivity index (χ3n) is 6.64. The zero-order valence-electron chi connectivity index (χ0n) is 18.5. The molecule has 3 heterocycles. The molecule has 1 spiro atoms. The van der Waals surface area contributed by atoms with E-state index in [1.807, 2.05) is 59.5 Å². The smallest absolute Gasteiger partial charge is 0.245 e. The highest BCUT2D eigenvalue weighted by atomic mass is 16.5. The van der Waals surface area contributed by atoms with Gasteiger partial charge in [0.25, 0.3) is 0 Å². The fourth-order valence-corrected chi connectivity index (χ4v) is 4.78. The molecule has 2 aliphatic heterocycles. The van der Waals surface area contributed by atoms with E-state index in [4.69, 9.17) is 10.5 Å². The third-order valence-corrected chi connectivity index (χ3v) is 6.64. The fourth-order valence-electron chi connectivity index (χ4n) is 4.78. The molecule has 0 bridgehead atoms. The van der Waals surface area contributed by atoms with Crippen molar-refractivity contribution in [3.05, 3.63) is 73.6 Å². The van der Waals surface area contributed by atoms with Crippen LogP contribution >= 0.6 is 0 Å². The number of amides is 1. The summed E-state index contributed by atoms with van der Waals surface area (Å²) in [6.45, 7) is 6.96. The van der Waals surface area contributed by atoms with Crippen LogP contribution in [0.5, 0.6) is 11.5 Å². The predicted octanol–water partition coefficient (Wildman–Crippen LogP) is 4.13. The van der Waals surface area contributed by atoms with Gasteiger partial charge in [-0.05, 0) is 48.7 Å². The maximum atomic E-state index is 11.9. The van der Waals surface area contributed by atoms with E-state index in [-0.39, 0.29) is 11.3 Å². The minimum Gasteiger partial charge on any atom is -0.457 e. The molecule has 7 heteroatoms. The molecule has 0 atom stereocenters. The summed E-state index contributed by atoms with van der Waals surface area (Å²) in [4.78, 5) is 24.9.